The van der Waals surface area contributed by atoms with Crippen LogP contribution < -0.4 is 16.4 Å². The van der Waals surface area contributed by atoms with Gasteiger partial charge in [-0.2, -0.15) is 0 Å². The number of hydrogen-bond donors (Lipinski definition) is 3. The SMILES string of the molecule is C#CCC(N)C(=O)NCCNC(=O)c1ccc(C)cc1. The molecule has 1 unspecified atom stereocenters. The zero-order chi connectivity index (χ0) is 15.0. The van der Waals surface area contributed by atoms with Gasteiger partial charge >= 0.3 is 0 Å². The van der Waals surface area contributed by atoms with Crippen LogP contribution in [0.2, 0.25) is 0 Å². The number of terminal acetylenes is 1. The molecule has 2 amide bonds. The molecule has 0 heterocycles. The third-order valence-electron chi connectivity index (χ3n) is 2.70. The van der Waals surface area contributed by atoms with E-state index in [1.807, 2.05) is 19.1 Å². The molecule has 1 atom stereocenters. The van der Waals surface area contributed by atoms with E-state index in [-0.39, 0.29) is 18.2 Å². The summed E-state index contributed by atoms with van der Waals surface area (Å²) in [5, 5.41) is 5.32. The summed E-state index contributed by atoms with van der Waals surface area (Å²) >= 11 is 0. The monoisotopic (exact) mass is 273 g/mol. The third-order valence-corrected chi connectivity index (χ3v) is 2.70. The lowest BCUT2D eigenvalue weighted by atomic mass is 10.1. The molecule has 0 radical (unpaired) electrons. The van der Waals surface area contributed by atoms with E-state index >= 15 is 0 Å². The Kier molecular flexibility index (Phi) is 6.27. The van der Waals surface area contributed by atoms with Gasteiger partial charge in [0.1, 0.15) is 0 Å². The molecular weight excluding hydrogens is 254 g/mol. The highest BCUT2D eigenvalue weighted by molar-refractivity contribution is 5.94. The van der Waals surface area contributed by atoms with Crippen LogP contribution in [-0.2, 0) is 4.79 Å². The summed E-state index contributed by atoms with van der Waals surface area (Å²) < 4.78 is 0. The van der Waals surface area contributed by atoms with E-state index in [2.05, 4.69) is 16.6 Å². The lowest BCUT2D eigenvalue weighted by Gasteiger charge is -2.10. The standard InChI is InChI=1S/C15H19N3O2/c1-3-4-13(16)15(20)18-10-9-17-14(19)12-7-5-11(2)6-8-12/h1,5-8,13H,4,9-10,16H2,2H3,(H,17,19)(H,18,20). The first kappa shape index (κ1) is 15.7. The number of carbonyl (C=O) groups is 2. The first-order valence-electron chi connectivity index (χ1n) is 6.36. The van der Waals surface area contributed by atoms with Crippen LogP contribution in [0.1, 0.15) is 22.3 Å². The van der Waals surface area contributed by atoms with Crippen LogP contribution in [0.4, 0.5) is 0 Å². The van der Waals surface area contributed by atoms with Crippen molar-refractivity contribution in [3.63, 3.8) is 0 Å². The minimum Gasteiger partial charge on any atom is -0.353 e. The third kappa shape index (κ3) is 5.12. The van der Waals surface area contributed by atoms with E-state index in [4.69, 9.17) is 12.2 Å². The van der Waals surface area contributed by atoms with Crippen molar-refractivity contribution in [3.8, 4) is 12.3 Å². The molecule has 0 saturated carbocycles. The van der Waals surface area contributed by atoms with Crippen LogP contribution in [0.5, 0.6) is 0 Å². The Morgan fingerprint density at radius 3 is 2.45 bits per heavy atom. The Labute approximate surface area is 118 Å². The number of hydrogen-bond acceptors (Lipinski definition) is 3. The van der Waals surface area contributed by atoms with Gasteiger partial charge in [0.15, 0.2) is 0 Å². The molecule has 20 heavy (non-hydrogen) atoms. The van der Waals surface area contributed by atoms with Gasteiger partial charge in [-0.1, -0.05) is 17.7 Å². The average molecular weight is 273 g/mol. The second-order valence-electron chi connectivity index (χ2n) is 4.43. The quantitative estimate of drug-likeness (QED) is 0.511. The molecule has 0 aliphatic carbocycles. The average Bonchev–Trinajstić information content (AvgIpc) is 2.44. The molecule has 0 fully saturated rings. The lowest BCUT2D eigenvalue weighted by Crippen LogP contribution is -2.43. The van der Waals surface area contributed by atoms with Crippen molar-refractivity contribution in [1.82, 2.24) is 10.6 Å². The van der Waals surface area contributed by atoms with Crippen molar-refractivity contribution in [2.45, 2.75) is 19.4 Å². The molecule has 4 N–H and O–H groups in total. The molecule has 5 nitrogen and oxygen atoms in total. The van der Waals surface area contributed by atoms with E-state index in [0.717, 1.165) is 5.56 Å². The fourth-order valence-corrected chi connectivity index (χ4v) is 1.52. The molecular formula is C15H19N3O2. The van der Waals surface area contributed by atoms with E-state index in [1.54, 1.807) is 12.1 Å². The molecule has 0 aromatic heterocycles. The van der Waals surface area contributed by atoms with Gasteiger partial charge in [-0.15, -0.1) is 12.3 Å². The Bertz CT molecular complexity index is 503. The maximum Gasteiger partial charge on any atom is 0.251 e. The Morgan fingerprint density at radius 1 is 1.25 bits per heavy atom. The number of nitrogens with two attached hydrogens (primary N) is 1. The zero-order valence-electron chi connectivity index (χ0n) is 11.5. The smallest absolute Gasteiger partial charge is 0.251 e. The van der Waals surface area contributed by atoms with Crippen molar-refractivity contribution in [2.24, 2.45) is 5.73 Å². The molecule has 5 heteroatoms. The first-order chi connectivity index (χ1) is 9.54. The minimum atomic E-state index is -0.701. The van der Waals surface area contributed by atoms with E-state index in [1.165, 1.54) is 0 Å². The summed E-state index contributed by atoms with van der Waals surface area (Å²) in [6, 6.07) is 6.55. The largest absolute Gasteiger partial charge is 0.353 e. The summed E-state index contributed by atoms with van der Waals surface area (Å²) in [6.45, 7) is 2.60. The summed E-state index contributed by atoms with van der Waals surface area (Å²) in [5.74, 6) is 1.84. The maximum atomic E-state index is 11.8. The molecule has 1 rings (SSSR count). The minimum absolute atomic E-state index is 0.174. The van der Waals surface area contributed by atoms with Gasteiger partial charge in [-0.05, 0) is 19.1 Å². The molecule has 106 valence electrons. The molecule has 0 saturated heterocycles. The van der Waals surface area contributed by atoms with Crippen LogP contribution in [0.3, 0.4) is 0 Å². The number of aryl methyl sites for hydroxylation is 1. The number of carbonyl (C=O) groups excluding carboxylic acids is 2. The van der Waals surface area contributed by atoms with Gasteiger partial charge in [-0.25, -0.2) is 0 Å². The van der Waals surface area contributed by atoms with Gasteiger partial charge in [0.2, 0.25) is 5.91 Å². The van der Waals surface area contributed by atoms with Crippen molar-refractivity contribution in [1.29, 1.82) is 0 Å². The van der Waals surface area contributed by atoms with Crippen LogP contribution in [0.25, 0.3) is 0 Å². The second-order valence-corrected chi connectivity index (χ2v) is 4.43. The fraction of sp³-hybridized carbons (Fsp3) is 0.333. The van der Waals surface area contributed by atoms with Gasteiger partial charge in [0.25, 0.3) is 5.91 Å². The normalized spacial score (nSPS) is 11.2. The van der Waals surface area contributed by atoms with Gasteiger partial charge < -0.3 is 16.4 Å². The van der Waals surface area contributed by atoms with Crippen molar-refractivity contribution < 1.29 is 9.59 Å². The van der Waals surface area contributed by atoms with Gasteiger partial charge in [0.05, 0.1) is 6.04 Å². The van der Waals surface area contributed by atoms with Crippen molar-refractivity contribution in [3.05, 3.63) is 35.4 Å². The Hall–Kier alpha value is -2.32. The molecule has 1 aromatic rings. The molecule has 0 aliphatic rings. The Balaban J connectivity index is 2.28. The molecule has 0 bridgehead atoms. The van der Waals surface area contributed by atoms with Crippen LogP contribution >= 0.6 is 0 Å². The summed E-state index contributed by atoms with van der Waals surface area (Å²) in [4.78, 5) is 23.2. The van der Waals surface area contributed by atoms with Crippen LogP contribution in [0, 0.1) is 19.3 Å². The van der Waals surface area contributed by atoms with E-state index in [0.29, 0.717) is 18.7 Å². The maximum absolute atomic E-state index is 11.8. The molecule has 1 aromatic carbocycles. The van der Waals surface area contributed by atoms with Gasteiger partial charge in [-0.3, -0.25) is 9.59 Å². The first-order valence-corrected chi connectivity index (χ1v) is 6.36. The zero-order valence-corrected chi connectivity index (χ0v) is 11.5. The number of benzene rings is 1. The highest BCUT2D eigenvalue weighted by Crippen LogP contribution is 2.02. The predicted molar refractivity (Wildman–Crippen MR) is 77.9 cm³/mol. The number of nitrogens with one attached hydrogen (secondary N) is 2. The topological polar surface area (TPSA) is 84.2 Å². The molecule has 0 spiro atoms. The second kappa shape index (κ2) is 7.97. The lowest BCUT2D eigenvalue weighted by molar-refractivity contribution is -0.122. The van der Waals surface area contributed by atoms with Gasteiger partial charge in [0, 0.05) is 25.1 Å². The highest BCUT2D eigenvalue weighted by atomic mass is 16.2. The summed E-state index contributed by atoms with van der Waals surface area (Å²) in [6.07, 6.45) is 5.27. The fourth-order valence-electron chi connectivity index (χ4n) is 1.52. The molecule has 0 aliphatic heterocycles. The Morgan fingerprint density at radius 2 is 1.85 bits per heavy atom. The summed E-state index contributed by atoms with van der Waals surface area (Å²) in [7, 11) is 0. The number of amides is 2. The van der Waals surface area contributed by atoms with Crippen LogP contribution in [0.15, 0.2) is 24.3 Å². The highest BCUT2D eigenvalue weighted by Gasteiger charge is 2.11. The van der Waals surface area contributed by atoms with Crippen LogP contribution in [-0.4, -0.2) is 30.9 Å². The van der Waals surface area contributed by atoms with Crippen molar-refractivity contribution >= 4 is 11.8 Å². The number of rotatable bonds is 6. The van der Waals surface area contributed by atoms with E-state index < -0.39 is 6.04 Å². The van der Waals surface area contributed by atoms with E-state index in [9.17, 15) is 9.59 Å². The summed E-state index contributed by atoms with van der Waals surface area (Å²) in [5.41, 5.74) is 7.22. The van der Waals surface area contributed by atoms with Crippen molar-refractivity contribution in [2.75, 3.05) is 13.1 Å². The predicted octanol–water partition coefficient (Wildman–Crippen LogP) is 0.192.